The minimum atomic E-state index is -0.653. The van der Waals surface area contributed by atoms with Crippen molar-refractivity contribution < 1.29 is 13.7 Å². The van der Waals surface area contributed by atoms with E-state index in [2.05, 4.69) is 5.32 Å². The number of halogens is 1. The van der Waals surface area contributed by atoms with Crippen LogP contribution in [0.5, 0.6) is 0 Å². The van der Waals surface area contributed by atoms with Gasteiger partial charge in [-0.25, -0.2) is 4.39 Å². The number of hydrogen-bond acceptors (Lipinski definition) is 4. The van der Waals surface area contributed by atoms with Crippen LogP contribution in [0.3, 0.4) is 0 Å². The van der Waals surface area contributed by atoms with Gasteiger partial charge in [0.1, 0.15) is 0 Å². The largest absolute Gasteiger partial charge is 0.472 e. The summed E-state index contributed by atoms with van der Waals surface area (Å²) in [5.41, 5.74) is 0.816. The van der Waals surface area contributed by atoms with Gasteiger partial charge in [0.25, 0.3) is 5.69 Å². The Morgan fingerprint density at radius 2 is 2.22 bits per heavy atom. The number of hydrogen-bond donors (Lipinski definition) is 1. The summed E-state index contributed by atoms with van der Waals surface area (Å²) in [7, 11) is 0. The van der Waals surface area contributed by atoms with E-state index in [0.717, 1.165) is 11.6 Å². The smallest absolute Gasteiger partial charge is 0.272 e. The second-order valence-electron chi connectivity index (χ2n) is 3.84. The molecule has 6 heteroatoms. The van der Waals surface area contributed by atoms with Crippen molar-refractivity contribution in [3.8, 4) is 0 Å². The van der Waals surface area contributed by atoms with Gasteiger partial charge in [0.15, 0.2) is 5.82 Å². The van der Waals surface area contributed by atoms with E-state index in [1.165, 1.54) is 18.4 Å². The van der Waals surface area contributed by atoms with E-state index in [-0.39, 0.29) is 17.4 Å². The Morgan fingerprint density at radius 3 is 2.78 bits per heavy atom. The van der Waals surface area contributed by atoms with Crippen molar-refractivity contribution in [3.63, 3.8) is 0 Å². The molecule has 2 aromatic rings. The zero-order valence-electron chi connectivity index (χ0n) is 9.59. The number of benzene rings is 1. The summed E-state index contributed by atoms with van der Waals surface area (Å²) in [6.07, 6.45) is 3.08. The van der Waals surface area contributed by atoms with Crippen molar-refractivity contribution in [2.45, 2.75) is 13.0 Å². The molecule has 94 valence electrons. The van der Waals surface area contributed by atoms with Gasteiger partial charge in [-0.1, -0.05) is 0 Å². The van der Waals surface area contributed by atoms with Gasteiger partial charge in [-0.2, -0.15) is 0 Å². The molecule has 2 rings (SSSR count). The highest BCUT2D eigenvalue weighted by molar-refractivity contribution is 5.51. The second-order valence-corrected chi connectivity index (χ2v) is 3.84. The summed E-state index contributed by atoms with van der Waals surface area (Å²) in [6, 6.07) is 5.11. The van der Waals surface area contributed by atoms with Crippen LogP contribution >= 0.6 is 0 Å². The Bertz CT molecular complexity index is 554. The number of non-ortho nitro benzene ring substituents is 1. The van der Waals surface area contributed by atoms with E-state index in [0.29, 0.717) is 0 Å². The van der Waals surface area contributed by atoms with Crippen LogP contribution in [0.25, 0.3) is 0 Å². The van der Waals surface area contributed by atoms with Crippen molar-refractivity contribution >= 4 is 11.4 Å². The average Bonchev–Trinajstić information content (AvgIpc) is 2.85. The standard InChI is InChI=1S/C12H11FN2O3/c1-8(9-4-5-18-7-9)14-12-3-2-10(15(16)17)6-11(12)13/h2-8,14H,1H3. The lowest BCUT2D eigenvalue weighted by atomic mass is 10.1. The highest BCUT2D eigenvalue weighted by Crippen LogP contribution is 2.24. The molecule has 1 atom stereocenters. The van der Waals surface area contributed by atoms with Gasteiger partial charge in [-0.15, -0.1) is 0 Å². The highest BCUT2D eigenvalue weighted by atomic mass is 19.1. The summed E-state index contributed by atoms with van der Waals surface area (Å²) in [5.74, 6) is -0.653. The number of nitrogens with zero attached hydrogens (tertiary/aromatic N) is 1. The molecular weight excluding hydrogens is 239 g/mol. The lowest BCUT2D eigenvalue weighted by Crippen LogP contribution is -2.07. The van der Waals surface area contributed by atoms with E-state index in [1.54, 1.807) is 12.3 Å². The molecule has 1 heterocycles. The molecule has 5 nitrogen and oxygen atoms in total. The molecule has 0 saturated carbocycles. The average molecular weight is 250 g/mol. The monoisotopic (exact) mass is 250 g/mol. The minimum Gasteiger partial charge on any atom is -0.472 e. The molecule has 0 aliphatic heterocycles. The molecule has 18 heavy (non-hydrogen) atoms. The minimum absolute atomic E-state index is 0.153. The van der Waals surface area contributed by atoms with Gasteiger partial charge in [0.2, 0.25) is 0 Å². The fraction of sp³-hybridized carbons (Fsp3) is 0.167. The van der Waals surface area contributed by atoms with Crippen molar-refractivity contribution in [2.75, 3.05) is 5.32 Å². The summed E-state index contributed by atoms with van der Waals surface area (Å²) in [6.45, 7) is 1.84. The van der Waals surface area contributed by atoms with Gasteiger partial charge >= 0.3 is 0 Å². The summed E-state index contributed by atoms with van der Waals surface area (Å²) >= 11 is 0. The highest BCUT2D eigenvalue weighted by Gasteiger charge is 2.13. The maximum atomic E-state index is 13.6. The van der Waals surface area contributed by atoms with Crippen LogP contribution in [0.15, 0.2) is 41.2 Å². The molecule has 1 aromatic carbocycles. The Hall–Kier alpha value is -2.37. The van der Waals surface area contributed by atoms with Crippen LogP contribution in [0, 0.1) is 15.9 Å². The van der Waals surface area contributed by atoms with E-state index < -0.39 is 10.7 Å². The molecule has 0 radical (unpaired) electrons. The number of nitro benzene ring substituents is 1. The second kappa shape index (κ2) is 4.87. The number of furan rings is 1. The number of anilines is 1. The predicted molar refractivity (Wildman–Crippen MR) is 63.8 cm³/mol. The van der Waals surface area contributed by atoms with E-state index in [1.807, 2.05) is 6.92 Å². The summed E-state index contributed by atoms with van der Waals surface area (Å²) < 4.78 is 18.6. The van der Waals surface area contributed by atoms with Crippen molar-refractivity contribution in [2.24, 2.45) is 0 Å². The van der Waals surface area contributed by atoms with Crippen molar-refractivity contribution in [1.82, 2.24) is 0 Å². The van der Waals surface area contributed by atoms with E-state index in [4.69, 9.17) is 4.42 Å². The first-order valence-corrected chi connectivity index (χ1v) is 5.30. The molecule has 0 bridgehead atoms. The molecule has 0 fully saturated rings. The molecule has 0 aliphatic carbocycles. The number of rotatable bonds is 4. The molecule has 0 spiro atoms. The summed E-state index contributed by atoms with van der Waals surface area (Å²) in [5, 5.41) is 13.4. The fourth-order valence-corrected chi connectivity index (χ4v) is 1.57. The first-order valence-electron chi connectivity index (χ1n) is 5.30. The Kier molecular flexibility index (Phi) is 3.27. The van der Waals surface area contributed by atoms with Gasteiger partial charge in [0.05, 0.1) is 35.2 Å². The molecule has 1 unspecified atom stereocenters. The van der Waals surface area contributed by atoms with Crippen LogP contribution in [0.1, 0.15) is 18.5 Å². The maximum absolute atomic E-state index is 13.6. The normalized spacial score (nSPS) is 12.1. The third-order valence-corrected chi connectivity index (χ3v) is 2.58. The molecule has 0 aliphatic rings. The number of nitrogens with one attached hydrogen (secondary N) is 1. The SMILES string of the molecule is CC(Nc1ccc([N+](=O)[O-])cc1F)c1ccoc1. The first-order chi connectivity index (χ1) is 8.58. The molecular formula is C12H11FN2O3. The Labute approximate surface area is 102 Å². The molecule has 1 N–H and O–H groups in total. The first kappa shape index (κ1) is 12.1. The van der Waals surface area contributed by atoms with Crippen LogP contribution < -0.4 is 5.32 Å². The Morgan fingerprint density at radius 1 is 1.44 bits per heavy atom. The lowest BCUT2D eigenvalue weighted by Gasteiger charge is -2.13. The fourth-order valence-electron chi connectivity index (χ4n) is 1.57. The van der Waals surface area contributed by atoms with Crippen LogP contribution in [-0.2, 0) is 0 Å². The third-order valence-electron chi connectivity index (χ3n) is 2.58. The zero-order valence-corrected chi connectivity index (χ0v) is 9.59. The van der Waals surface area contributed by atoms with Crippen molar-refractivity contribution in [3.05, 3.63) is 58.3 Å². The lowest BCUT2D eigenvalue weighted by molar-refractivity contribution is -0.385. The molecule has 0 amide bonds. The van der Waals surface area contributed by atoms with E-state index in [9.17, 15) is 14.5 Å². The summed E-state index contributed by atoms with van der Waals surface area (Å²) in [4.78, 5) is 9.85. The van der Waals surface area contributed by atoms with Gasteiger partial charge in [-0.05, 0) is 19.1 Å². The molecule has 0 saturated heterocycles. The predicted octanol–water partition coefficient (Wildman–Crippen LogP) is 3.50. The Balaban J connectivity index is 2.17. The van der Waals surface area contributed by atoms with Gasteiger partial charge in [-0.3, -0.25) is 10.1 Å². The van der Waals surface area contributed by atoms with Crippen LogP contribution in [0.4, 0.5) is 15.8 Å². The maximum Gasteiger partial charge on any atom is 0.272 e. The number of nitro groups is 1. The van der Waals surface area contributed by atoms with Gasteiger partial charge < -0.3 is 9.73 Å². The van der Waals surface area contributed by atoms with E-state index >= 15 is 0 Å². The van der Waals surface area contributed by atoms with Crippen LogP contribution in [0.2, 0.25) is 0 Å². The molecule has 1 aromatic heterocycles. The third kappa shape index (κ3) is 2.48. The zero-order chi connectivity index (χ0) is 13.1. The van der Waals surface area contributed by atoms with Crippen LogP contribution in [-0.4, -0.2) is 4.92 Å². The van der Waals surface area contributed by atoms with Crippen molar-refractivity contribution in [1.29, 1.82) is 0 Å². The van der Waals surface area contributed by atoms with Gasteiger partial charge in [0, 0.05) is 11.6 Å². The topological polar surface area (TPSA) is 68.3 Å². The quantitative estimate of drug-likeness (QED) is 0.666.